The highest BCUT2D eigenvalue weighted by Gasteiger charge is 2.35. The molecular formula is C28H35F2N5O4. The molecule has 0 saturated carbocycles. The summed E-state index contributed by atoms with van der Waals surface area (Å²) in [7, 11) is 1.61. The van der Waals surface area contributed by atoms with E-state index in [2.05, 4.69) is 20.6 Å². The first-order valence-corrected chi connectivity index (χ1v) is 13.0. The Morgan fingerprint density at radius 1 is 1.18 bits per heavy atom. The number of rotatable bonds is 11. The van der Waals surface area contributed by atoms with Gasteiger partial charge < -0.3 is 19.9 Å². The molecule has 39 heavy (non-hydrogen) atoms. The molecule has 2 heterocycles. The van der Waals surface area contributed by atoms with Crippen molar-refractivity contribution in [3.63, 3.8) is 0 Å². The Morgan fingerprint density at radius 2 is 1.90 bits per heavy atom. The molecule has 1 aliphatic heterocycles. The van der Waals surface area contributed by atoms with Gasteiger partial charge in [-0.2, -0.15) is 0 Å². The van der Waals surface area contributed by atoms with Crippen molar-refractivity contribution in [3.8, 4) is 11.6 Å². The lowest BCUT2D eigenvalue weighted by Crippen LogP contribution is -2.42. The molecule has 3 aromatic rings. The van der Waals surface area contributed by atoms with Crippen molar-refractivity contribution >= 4 is 11.8 Å². The van der Waals surface area contributed by atoms with Crippen molar-refractivity contribution in [2.75, 3.05) is 45.3 Å². The lowest BCUT2D eigenvalue weighted by atomic mass is 9.94. The van der Waals surface area contributed by atoms with Crippen molar-refractivity contribution in [2.45, 2.75) is 38.3 Å². The summed E-state index contributed by atoms with van der Waals surface area (Å²) in [5.74, 6) is -0.950. The van der Waals surface area contributed by atoms with Crippen LogP contribution in [0.5, 0.6) is 5.88 Å². The highest BCUT2D eigenvalue weighted by atomic mass is 19.1. The molecule has 0 spiro atoms. The summed E-state index contributed by atoms with van der Waals surface area (Å²) in [5.41, 5.74) is 1.78. The number of carbonyl (C=O) groups is 1. The summed E-state index contributed by atoms with van der Waals surface area (Å²) in [4.78, 5) is 15.4. The van der Waals surface area contributed by atoms with Crippen LogP contribution in [0, 0.1) is 18.6 Å². The minimum atomic E-state index is -0.661. The van der Waals surface area contributed by atoms with Gasteiger partial charge in [-0.05, 0) is 43.2 Å². The van der Waals surface area contributed by atoms with E-state index in [1.54, 1.807) is 18.7 Å². The predicted molar refractivity (Wildman–Crippen MR) is 143 cm³/mol. The Kier molecular flexibility index (Phi) is 9.50. The lowest BCUT2D eigenvalue weighted by Gasteiger charge is -2.21. The number of para-hydroxylation sites is 1. The number of aliphatic hydroxyl groups is 1. The first-order chi connectivity index (χ1) is 18.8. The third kappa shape index (κ3) is 7.11. The van der Waals surface area contributed by atoms with Gasteiger partial charge in [0, 0.05) is 38.7 Å². The van der Waals surface area contributed by atoms with Gasteiger partial charge in [-0.15, -0.1) is 5.10 Å². The Morgan fingerprint density at radius 3 is 2.56 bits per heavy atom. The van der Waals surface area contributed by atoms with E-state index in [0.717, 1.165) is 6.07 Å². The number of benzene rings is 2. The smallest absolute Gasteiger partial charge is 0.320 e. The van der Waals surface area contributed by atoms with Gasteiger partial charge in [0.2, 0.25) is 5.88 Å². The van der Waals surface area contributed by atoms with Crippen molar-refractivity contribution in [3.05, 3.63) is 71.3 Å². The van der Waals surface area contributed by atoms with Gasteiger partial charge in [0.25, 0.3) is 0 Å². The number of aromatic nitrogens is 2. The molecule has 0 unspecified atom stereocenters. The largest absolute Gasteiger partial charge is 0.474 e. The second-order valence-corrected chi connectivity index (χ2v) is 9.67. The lowest BCUT2D eigenvalue weighted by molar-refractivity contribution is 0.101. The van der Waals surface area contributed by atoms with Crippen LogP contribution in [0.4, 0.5) is 19.4 Å². The number of likely N-dealkylation sites (tertiary alicyclic amines) is 1. The first-order valence-electron chi connectivity index (χ1n) is 13.0. The fourth-order valence-corrected chi connectivity index (χ4v) is 4.68. The van der Waals surface area contributed by atoms with E-state index in [9.17, 15) is 18.7 Å². The summed E-state index contributed by atoms with van der Waals surface area (Å²) in [6.45, 7) is 5.81. The molecule has 4 rings (SSSR count). The van der Waals surface area contributed by atoms with Gasteiger partial charge in [-0.25, -0.2) is 18.3 Å². The van der Waals surface area contributed by atoms with Crippen LogP contribution in [-0.4, -0.2) is 77.9 Å². The van der Waals surface area contributed by atoms with Crippen LogP contribution in [0.2, 0.25) is 0 Å². The zero-order chi connectivity index (χ0) is 27.9. The van der Waals surface area contributed by atoms with Crippen LogP contribution in [0.15, 0.2) is 48.5 Å². The second kappa shape index (κ2) is 13.0. The molecule has 1 saturated heterocycles. The number of methoxy groups -OCH3 is 1. The standard InChI is InChI=1S/C28H35F2N5O4/c1-4-23(36)17-39-27-18(2)26(35(33-27)22-8-6-5-7-9-22)32-28(37)31-25-16-34(10-11-38-3)15-24(25)19-12-20(29)14-21(30)13-19/h5-9,12-14,23-25,36H,4,10-11,15-17H2,1-3H3,(H2,31,32,37)/t23-,24-,25+/m0/s1. The van der Waals surface area contributed by atoms with E-state index in [0.29, 0.717) is 61.2 Å². The number of amides is 2. The van der Waals surface area contributed by atoms with Crippen molar-refractivity contribution in [2.24, 2.45) is 0 Å². The zero-order valence-corrected chi connectivity index (χ0v) is 22.4. The first kappa shape index (κ1) is 28.5. The Bertz CT molecular complexity index is 1240. The molecule has 210 valence electrons. The van der Waals surface area contributed by atoms with Gasteiger partial charge in [0.05, 0.1) is 30.0 Å². The van der Waals surface area contributed by atoms with Gasteiger partial charge in [-0.3, -0.25) is 10.2 Å². The van der Waals surface area contributed by atoms with Gasteiger partial charge in [0.15, 0.2) is 0 Å². The average molecular weight is 544 g/mol. The number of urea groups is 1. The van der Waals surface area contributed by atoms with Gasteiger partial charge in [0.1, 0.15) is 24.1 Å². The number of halogens is 2. The van der Waals surface area contributed by atoms with Crippen LogP contribution in [0.25, 0.3) is 5.69 Å². The summed E-state index contributed by atoms with van der Waals surface area (Å²) >= 11 is 0. The minimum Gasteiger partial charge on any atom is -0.474 e. The molecule has 2 aromatic carbocycles. The highest BCUT2D eigenvalue weighted by Crippen LogP contribution is 2.31. The molecule has 1 aromatic heterocycles. The normalized spacial score (nSPS) is 18.2. The van der Waals surface area contributed by atoms with Crippen molar-refractivity contribution in [1.29, 1.82) is 0 Å². The van der Waals surface area contributed by atoms with E-state index >= 15 is 0 Å². The van der Waals surface area contributed by atoms with Crippen LogP contribution < -0.4 is 15.4 Å². The monoisotopic (exact) mass is 543 g/mol. The Labute approximate surface area is 226 Å². The second-order valence-electron chi connectivity index (χ2n) is 9.67. The maximum Gasteiger partial charge on any atom is 0.320 e. The van der Waals surface area contributed by atoms with Crippen LogP contribution >= 0.6 is 0 Å². The third-order valence-electron chi connectivity index (χ3n) is 6.83. The molecule has 1 aliphatic rings. The highest BCUT2D eigenvalue weighted by molar-refractivity contribution is 5.90. The number of nitrogens with one attached hydrogen (secondary N) is 2. The summed E-state index contributed by atoms with van der Waals surface area (Å²) < 4.78 is 40.6. The molecule has 0 bridgehead atoms. The van der Waals surface area contributed by atoms with E-state index in [1.165, 1.54) is 12.1 Å². The Hall–Kier alpha value is -3.54. The number of aliphatic hydroxyl groups excluding tert-OH is 1. The van der Waals surface area contributed by atoms with Crippen molar-refractivity contribution < 1.29 is 28.2 Å². The molecule has 9 nitrogen and oxygen atoms in total. The molecule has 2 amide bonds. The van der Waals surface area contributed by atoms with E-state index in [1.807, 2.05) is 37.3 Å². The third-order valence-corrected chi connectivity index (χ3v) is 6.83. The molecule has 0 aliphatic carbocycles. The molecule has 1 fully saturated rings. The van der Waals surface area contributed by atoms with Crippen LogP contribution in [0.3, 0.4) is 0 Å². The van der Waals surface area contributed by atoms with Crippen LogP contribution in [-0.2, 0) is 4.74 Å². The minimum absolute atomic E-state index is 0.0695. The molecule has 0 radical (unpaired) electrons. The van der Waals surface area contributed by atoms with E-state index < -0.39 is 29.8 Å². The molecule has 3 atom stereocenters. The number of nitrogens with zero attached hydrogens (tertiary/aromatic N) is 3. The van der Waals surface area contributed by atoms with E-state index in [-0.39, 0.29) is 12.5 Å². The summed E-state index contributed by atoms with van der Waals surface area (Å²) in [5, 5.41) is 20.4. The predicted octanol–water partition coefficient (Wildman–Crippen LogP) is 3.84. The fourth-order valence-electron chi connectivity index (χ4n) is 4.68. The van der Waals surface area contributed by atoms with Gasteiger partial charge in [-0.1, -0.05) is 25.1 Å². The summed E-state index contributed by atoms with van der Waals surface area (Å²) in [6, 6.07) is 11.8. The average Bonchev–Trinajstić information content (AvgIpc) is 3.46. The number of carbonyl (C=O) groups excluding carboxylic acids is 1. The van der Waals surface area contributed by atoms with Crippen LogP contribution in [0.1, 0.15) is 30.4 Å². The quantitative estimate of drug-likeness (QED) is 0.340. The van der Waals surface area contributed by atoms with E-state index in [4.69, 9.17) is 9.47 Å². The molecule has 3 N–H and O–H groups in total. The topological polar surface area (TPSA) is 101 Å². The SMILES string of the molecule is CC[C@H](O)COc1nn(-c2ccccc2)c(NC(=O)N[C@@H]2CN(CCOC)C[C@H]2c2cc(F)cc(F)c2)c1C. The number of anilines is 1. The Balaban J connectivity index is 1.57. The molecule has 11 heteroatoms. The zero-order valence-electron chi connectivity index (χ0n) is 22.4. The fraction of sp³-hybridized carbons (Fsp3) is 0.429. The van der Waals surface area contributed by atoms with Crippen molar-refractivity contribution in [1.82, 2.24) is 20.0 Å². The van der Waals surface area contributed by atoms with Gasteiger partial charge >= 0.3 is 6.03 Å². The number of hydrogen-bond donors (Lipinski definition) is 3. The summed E-state index contributed by atoms with van der Waals surface area (Å²) in [6.07, 6.45) is -0.107. The maximum atomic E-state index is 14.0. The number of ether oxygens (including phenoxy) is 2. The number of hydrogen-bond acceptors (Lipinski definition) is 6. The maximum absolute atomic E-state index is 14.0. The molecular weight excluding hydrogens is 508 g/mol.